The number of nitrogens with zero attached hydrogens (tertiary/aromatic N) is 2. The molecule has 226 valence electrons. The van der Waals surface area contributed by atoms with E-state index in [1.54, 1.807) is 55.6 Å². The van der Waals surface area contributed by atoms with Gasteiger partial charge in [0.15, 0.2) is 16.1 Å². The summed E-state index contributed by atoms with van der Waals surface area (Å²) in [7, 11) is -3.56. The summed E-state index contributed by atoms with van der Waals surface area (Å²) in [5.41, 5.74) is 2.72. The molecule has 0 aromatic heterocycles. The van der Waals surface area contributed by atoms with E-state index in [0.717, 1.165) is 21.5 Å². The second-order valence-electron chi connectivity index (χ2n) is 10.2. The van der Waals surface area contributed by atoms with Gasteiger partial charge in [0.1, 0.15) is 22.0 Å². The summed E-state index contributed by atoms with van der Waals surface area (Å²) in [5.74, 6) is 0.589. The number of benzene rings is 2. The van der Waals surface area contributed by atoms with Crippen LogP contribution in [0.4, 0.5) is 0 Å². The Balaban J connectivity index is 1.62. The molecule has 2 fully saturated rings. The van der Waals surface area contributed by atoms with Crippen LogP contribution in [0, 0.1) is 0 Å². The first-order chi connectivity index (χ1) is 19.5. The molecule has 0 bridgehead atoms. The van der Waals surface area contributed by atoms with E-state index in [4.69, 9.17) is 19.0 Å². The van der Waals surface area contributed by atoms with Gasteiger partial charge in [-0.2, -0.15) is 17.0 Å². The van der Waals surface area contributed by atoms with Gasteiger partial charge in [0, 0.05) is 40.2 Å². The lowest BCUT2D eigenvalue weighted by molar-refractivity contribution is -0.200. The molecule has 2 saturated heterocycles. The SMILES string of the molecule is COc1ccc(Oc2ccc(C3(CC(=O)NOC4CCCCO4)CCN(S(=O)(=O)N(C)C)CCS3(=O)=O)cc2)cc1. The molecule has 14 heteroatoms. The number of hydroxylamine groups is 1. The maximum Gasteiger partial charge on any atom is 0.281 e. The summed E-state index contributed by atoms with van der Waals surface area (Å²) in [6.45, 7) is 0.195. The van der Waals surface area contributed by atoms with E-state index in [1.165, 1.54) is 14.1 Å². The van der Waals surface area contributed by atoms with Crippen molar-refractivity contribution in [3.63, 3.8) is 0 Å². The van der Waals surface area contributed by atoms with Crippen molar-refractivity contribution in [2.75, 3.05) is 46.7 Å². The first kappa shape index (κ1) is 31.2. The van der Waals surface area contributed by atoms with Crippen molar-refractivity contribution in [3.8, 4) is 17.2 Å². The topological polar surface area (TPSA) is 141 Å². The van der Waals surface area contributed by atoms with Crippen LogP contribution in [0.25, 0.3) is 0 Å². The molecule has 2 aliphatic heterocycles. The van der Waals surface area contributed by atoms with E-state index in [9.17, 15) is 21.6 Å². The van der Waals surface area contributed by atoms with Gasteiger partial charge in [-0.15, -0.1) is 0 Å². The average Bonchev–Trinajstić information content (AvgIpc) is 3.09. The first-order valence-electron chi connectivity index (χ1n) is 13.4. The third-order valence-corrected chi connectivity index (χ3v) is 11.8. The van der Waals surface area contributed by atoms with E-state index in [-0.39, 0.29) is 19.5 Å². The standard InChI is InChI=1S/C27H37N3O9S2/c1-29(2)41(34,35)30-16-15-27(40(32,33)19-17-30,20-25(31)28-39-26-6-4-5-18-37-26)21-7-9-23(10-8-21)38-24-13-11-22(36-3)12-14-24/h7-14,26H,4-6,15-20H2,1-3H3,(H,28,31). The van der Waals surface area contributed by atoms with Crippen LogP contribution in [0.5, 0.6) is 17.2 Å². The number of rotatable bonds is 10. The average molecular weight is 612 g/mol. The molecule has 2 heterocycles. The molecule has 0 saturated carbocycles. The molecule has 41 heavy (non-hydrogen) atoms. The second-order valence-corrected chi connectivity index (χ2v) is 14.7. The summed E-state index contributed by atoms with van der Waals surface area (Å²) >= 11 is 0. The van der Waals surface area contributed by atoms with Gasteiger partial charge in [-0.05, 0) is 61.2 Å². The summed E-state index contributed by atoms with van der Waals surface area (Å²) in [4.78, 5) is 18.6. The molecule has 2 aromatic rings. The zero-order valence-electron chi connectivity index (χ0n) is 23.4. The zero-order chi connectivity index (χ0) is 29.7. The van der Waals surface area contributed by atoms with E-state index in [1.807, 2.05) is 0 Å². The minimum Gasteiger partial charge on any atom is -0.497 e. The van der Waals surface area contributed by atoms with Crippen LogP contribution in [0.15, 0.2) is 48.5 Å². The molecule has 1 N–H and O–H groups in total. The number of carbonyl (C=O) groups is 1. The Bertz CT molecular complexity index is 1390. The molecular formula is C27H37N3O9S2. The fraction of sp³-hybridized carbons (Fsp3) is 0.519. The summed E-state index contributed by atoms with van der Waals surface area (Å²) < 4.78 is 70.6. The summed E-state index contributed by atoms with van der Waals surface area (Å²) in [6.07, 6.45) is 1.20. The number of carbonyl (C=O) groups excluding carboxylic acids is 1. The van der Waals surface area contributed by atoms with Gasteiger partial charge in [-0.3, -0.25) is 4.79 Å². The predicted octanol–water partition coefficient (Wildman–Crippen LogP) is 2.57. The molecule has 2 aliphatic rings. The normalized spacial score (nSPS) is 23.5. The molecule has 0 spiro atoms. The lowest BCUT2D eigenvalue weighted by Gasteiger charge is -2.32. The molecule has 2 atom stereocenters. The fourth-order valence-electron chi connectivity index (χ4n) is 4.91. The largest absolute Gasteiger partial charge is 0.497 e. The number of sulfone groups is 1. The van der Waals surface area contributed by atoms with Gasteiger partial charge in [-0.25, -0.2) is 18.7 Å². The Hall–Kier alpha value is -2.75. The second kappa shape index (κ2) is 13.0. The van der Waals surface area contributed by atoms with Gasteiger partial charge < -0.3 is 14.2 Å². The number of hydrogen-bond donors (Lipinski definition) is 1. The molecule has 1 amide bonds. The minimum absolute atomic E-state index is 0.0935. The summed E-state index contributed by atoms with van der Waals surface area (Å²) in [6, 6.07) is 13.4. The number of nitrogens with one attached hydrogen (secondary N) is 1. The Morgan fingerprint density at radius 1 is 1.05 bits per heavy atom. The number of hydrogen-bond acceptors (Lipinski definition) is 9. The Kier molecular flexibility index (Phi) is 9.93. The van der Waals surface area contributed by atoms with Gasteiger partial charge in [0.05, 0.1) is 19.3 Å². The van der Waals surface area contributed by atoms with Gasteiger partial charge in [0.2, 0.25) is 5.91 Å². The van der Waals surface area contributed by atoms with Crippen molar-refractivity contribution < 1.29 is 40.7 Å². The number of methoxy groups -OCH3 is 1. The van der Waals surface area contributed by atoms with Crippen molar-refractivity contribution in [1.29, 1.82) is 0 Å². The van der Waals surface area contributed by atoms with Crippen LogP contribution < -0.4 is 15.0 Å². The minimum atomic E-state index is -4.04. The monoisotopic (exact) mass is 611 g/mol. The third kappa shape index (κ3) is 7.19. The van der Waals surface area contributed by atoms with Crippen LogP contribution in [0.3, 0.4) is 0 Å². The number of ether oxygens (including phenoxy) is 3. The predicted molar refractivity (Wildman–Crippen MR) is 151 cm³/mol. The smallest absolute Gasteiger partial charge is 0.281 e. The van der Waals surface area contributed by atoms with Crippen molar-refractivity contribution in [3.05, 3.63) is 54.1 Å². The highest BCUT2D eigenvalue weighted by Gasteiger charge is 2.50. The van der Waals surface area contributed by atoms with E-state index < -0.39 is 49.2 Å². The Morgan fingerprint density at radius 2 is 1.68 bits per heavy atom. The van der Waals surface area contributed by atoms with Crippen LogP contribution in [-0.4, -0.2) is 84.3 Å². The zero-order valence-corrected chi connectivity index (χ0v) is 25.1. The lowest BCUT2D eigenvalue weighted by atomic mass is 9.90. The molecule has 2 unspecified atom stereocenters. The highest BCUT2D eigenvalue weighted by atomic mass is 32.2. The molecule has 2 aromatic carbocycles. The van der Waals surface area contributed by atoms with Gasteiger partial charge >= 0.3 is 0 Å². The van der Waals surface area contributed by atoms with Gasteiger partial charge in [0.25, 0.3) is 10.2 Å². The Morgan fingerprint density at radius 3 is 2.27 bits per heavy atom. The highest BCUT2D eigenvalue weighted by Crippen LogP contribution is 2.41. The third-order valence-electron chi connectivity index (χ3n) is 7.32. The maximum absolute atomic E-state index is 13.9. The molecule has 12 nitrogen and oxygen atoms in total. The maximum atomic E-state index is 13.9. The van der Waals surface area contributed by atoms with E-state index >= 15 is 0 Å². The van der Waals surface area contributed by atoms with Crippen molar-refractivity contribution in [2.24, 2.45) is 0 Å². The quantitative estimate of drug-likeness (QED) is 0.402. The van der Waals surface area contributed by atoms with E-state index in [2.05, 4.69) is 5.48 Å². The van der Waals surface area contributed by atoms with Crippen molar-refractivity contribution >= 4 is 26.0 Å². The van der Waals surface area contributed by atoms with Crippen LogP contribution >= 0.6 is 0 Å². The highest BCUT2D eigenvalue weighted by molar-refractivity contribution is 7.92. The van der Waals surface area contributed by atoms with Crippen molar-refractivity contribution in [2.45, 2.75) is 43.1 Å². The number of amides is 1. The van der Waals surface area contributed by atoms with Crippen molar-refractivity contribution in [1.82, 2.24) is 14.1 Å². The van der Waals surface area contributed by atoms with Crippen LogP contribution in [0.1, 0.15) is 37.7 Å². The van der Waals surface area contributed by atoms with Crippen LogP contribution in [0.2, 0.25) is 0 Å². The summed E-state index contributed by atoms with van der Waals surface area (Å²) in [5, 5.41) is 0. The molecule has 0 radical (unpaired) electrons. The lowest BCUT2D eigenvalue weighted by Crippen LogP contribution is -2.43. The molecule has 4 rings (SSSR count). The van der Waals surface area contributed by atoms with Gasteiger partial charge in [-0.1, -0.05) is 12.1 Å². The Labute approximate surface area is 241 Å². The fourth-order valence-corrected chi connectivity index (χ4v) is 8.23. The molecular weight excluding hydrogens is 574 g/mol. The molecule has 0 aliphatic carbocycles. The van der Waals surface area contributed by atoms with Crippen LogP contribution in [-0.2, 0) is 39.2 Å². The first-order valence-corrected chi connectivity index (χ1v) is 16.4. The van der Waals surface area contributed by atoms with E-state index in [0.29, 0.717) is 35.8 Å².